The monoisotopic (exact) mass is 318 g/mol. The van der Waals surface area contributed by atoms with Crippen LogP contribution >= 0.6 is 0 Å². The van der Waals surface area contributed by atoms with Gasteiger partial charge in [0.2, 0.25) is 11.8 Å². The van der Waals surface area contributed by atoms with E-state index < -0.39 is 0 Å². The van der Waals surface area contributed by atoms with Crippen LogP contribution < -0.4 is 5.32 Å². The van der Waals surface area contributed by atoms with E-state index >= 15 is 0 Å². The van der Waals surface area contributed by atoms with Crippen molar-refractivity contribution in [3.63, 3.8) is 0 Å². The number of hydrogen-bond donors (Lipinski definition) is 1. The van der Waals surface area contributed by atoms with Crippen molar-refractivity contribution in [3.8, 4) is 0 Å². The number of carbonyl (C=O) groups is 2. The molecule has 1 heterocycles. The number of nitrogens with one attached hydrogen (secondary N) is 1. The quantitative estimate of drug-likeness (QED) is 0.784. The summed E-state index contributed by atoms with van der Waals surface area (Å²) >= 11 is 0. The fourth-order valence-corrected chi connectivity index (χ4v) is 3.08. The van der Waals surface area contributed by atoms with E-state index in [9.17, 15) is 9.59 Å². The van der Waals surface area contributed by atoms with E-state index in [1.807, 2.05) is 37.3 Å². The Bertz CT molecular complexity index is 518. The number of amides is 2. The molecule has 1 aliphatic heterocycles. The molecule has 0 saturated carbocycles. The van der Waals surface area contributed by atoms with Crippen molar-refractivity contribution in [2.24, 2.45) is 5.92 Å². The summed E-state index contributed by atoms with van der Waals surface area (Å²) in [5.41, 5.74) is 1.01. The predicted octanol–water partition coefficient (Wildman–Crippen LogP) is 2.14. The minimum Gasteiger partial charge on any atom is -0.382 e. The smallest absolute Gasteiger partial charge is 0.225 e. The van der Waals surface area contributed by atoms with E-state index in [1.54, 1.807) is 11.9 Å². The third-order valence-corrected chi connectivity index (χ3v) is 4.31. The maximum atomic E-state index is 12.6. The van der Waals surface area contributed by atoms with E-state index in [0.29, 0.717) is 32.6 Å². The fourth-order valence-electron chi connectivity index (χ4n) is 3.08. The molecule has 1 fully saturated rings. The Morgan fingerprint density at radius 3 is 2.78 bits per heavy atom. The van der Waals surface area contributed by atoms with Crippen LogP contribution in [-0.2, 0) is 14.3 Å². The van der Waals surface area contributed by atoms with Gasteiger partial charge < -0.3 is 15.0 Å². The van der Waals surface area contributed by atoms with Gasteiger partial charge in [0.05, 0.1) is 12.0 Å². The summed E-state index contributed by atoms with van der Waals surface area (Å²) in [6.07, 6.45) is 1.83. The highest BCUT2D eigenvalue weighted by Gasteiger charge is 2.38. The van der Waals surface area contributed by atoms with Gasteiger partial charge in [0, 0.05) is 33.2 Å². The SMILES string of the molecule is CCOCCCNC(=O)[C@H]1CCC(=O)N(C)[C@H]1c1ccccc1. The second-order valence-corrected chi connectivity index (χ2v) is 5.85. The summed E-state index contributed by atoms with van der Waals surface area (Å²) in [6.45, 7) is 3.91. The lowest BCUT2D eigenvalue weighted by Gasteiger charge is -2.38. The topological polar surface area (TPSA) is 58.6 Å². The van der Waals surface area contributed by atoms with Crippen LogP contribution in [0.2, 0.25) is 0 Å². The Morgan fingerprint density at radius 2 is 2.09 bits per heavy atom. The molecule has 2 amide bonds. The molecule has 5 nitrogen and oxygen atoms in total. The minimum absolute atomic E-state index is 0.0229. The molecule has 0 aromatic heterocycles. The fraction of sp³-hybridized carbons (Fsp3) is 0.556. The lowest BCUT2D eigenvalue weighted by atomic mass is 9.84. The van der Waals surface area contributed by atoms with Crippen molar-refractivity contribution < 1.29 is 14.3 Å². The van der Waals surface area contributed by atoms with Gasteiger partial charge in [-0.2, -0.15) is 0 Å². The minimum atomic E-state index is -0.202. The molecule has 23 heavy (non-hydrogen) atoms. The van der Waals surface area contributed by atoms with Crippen LogP contribution in [0.1, 0.15) is 37.8 Å². The van der Waals surface area contributed by atoms with Crippen molar-refractivity contribution >= 4 is 11.8 Å². The van der Waals surface area contributed by atoms with Crippen molar-refractivity contribution in [1.29, 1.82) is 0 Å². The predicted molar refractivity (Wildman–Crippen MR) is 88.8 cm³/mol. The number of nitrogens with zero attached hydrogens (tertiary/aromatic N) is 1. The standard InChI is InChI=1S/C18H26N2O3/c1-3-23-13-7-12-19-18(22)15-10-11-16(21)20(2)17(15)14-8-5-4-6-9-14/h4-6,8-9,15,17H,3,7,10-13H2,1-2H3,(H,19,22)/t15-,17-/m0/s1. The average Bonchev–Trinajstić information content (AvgIpc) is 2.57. The Hall–Kier alpha value is -1.88. The number of benzene rings is 1. The number of carbonyl (C=O) groups excluding carboxylic acids is 2. The van der Waals surface area contributed by atoms with Crippen molar-refractivity contribution in [1.82, 2.24) is 10.2 Å². The first-order chi connectivity index (χ1) is 11.1. The molecule has 0 radical (unpaired) electrons. The molecule has 2 rings (SSSR count). The highest BCUT2D eigenvalue weighted by molar-refractivity contribution is 5.84. The maximum Gasteiger partial charge on any atom is 0.225 e. The van der Waals surface area contributed by atoms with E-state index in [-0.39, 0.29) is 23.8 Å². The normalized spacial score (nSPS) is 21.3. The molecule has 2 atom stereocenters. The molecule has 126 valence electrons. The number of likely N-dealkylation sites (tertiary alicyclic amines) is 1. The summed E-state index contributed by atoms with van der Waals surface area (Å²) < 4.78 is 5.28. The van der Waals surface area contributed by atoms with Crippen molar-refractivity contribution in [2.75, 3.05) is 26.8 Å². The van der Waals surface area contributed by atoms with Crippen LogP contribution in [-0.4, -0.2) is 43.5 Å². The van der Waals surface area contributed by atoms with Gasteiger partial charge in [-0.25, -0.2) is 0 Å². The molecule has 1 N–H and O–H groups in total. The highest BCUT2D eigenvalue weighted by atomic mass is 16.5. The van der Waals surface area contributed by atoms with E-state index in [0.717, 1.165) is 12.0 Å². The van der Waals surface area contributed by atoms with E-state index in [4.69, 9.17) is 4.74 Å². The van der Waals surface area contributed by atoms with Gasteiger partial charge in [-0.3, -0.25) is 9.59 Å². The van der Waals surface area contributed by atoms with Crippen LogP contribution in [0.3, 0.4) is 0 Å². The zero-order chi connectivity index (χ0) is 16.7. The molecule has 5 heteroatoms. The van der Waals surface area contributed by atoms with E-state index in [1.165, 1.54) is 0 Å². The molecule has 0 aliphatic carbocycles. The largest absolute Gasteiger partial charge is 0.382 e. The van der Waals surface area contributed by atoms with Crippen LogP contribution in [0.5, 0.6) is 0 Å². The second-order valence-electron chi connectivity index (χ2n) is 5.85. The van der Waals surface area contributed by atoms with Gasteiger partial charge in [-0.1, -0.05) is 30.3 Å². The van der Waals surface area contributed by atoms with Gasteiger partial charge in [0.15, 0.2) is 0 Å². The van der Waals surface area contributed by atoms with Gasteiger partial charge in [-0.15, -0.1) is 0 Å². The first-order valence-electron chi connectivity index (χ1n) is 8.31. The third kappa shape index (κ3) is 4.55. The van der Waals surface area contributed by atoms with Gasteiger partial charge in [0.25, 0.3) is 0 Å². The Morgan fingerprint density at radius 1 is 1.35 bits per heavy atom. The molecule has 1 saturated heterocycles. The van der Waals surface area contributed by atoms with Crippen LogP contribution in [0, 0.1) is 5.92 Å². The lowest BCUT2D eigenvalue weighted by molar-refractivity contribution is -0.141. The van der Waals surface area contributed by atoms with Crippen LogP contribution in [0.25, 0.3) is 0 Å². The molecule has 1 aliphatic rings. The molecule has 0 bridgehead atoms. The molecular weight excluding hydrogens is 292 g/mol. The number of hydrogen-bond acceptors (Lipinski definition) is 3. The summed E-state index contributed by atoms with van der Waals surface area (Å²) in [7, 11) is 1.79. The summed E-state index contributed by atoms with van der Waals surface area (Å²) in [5.74, 6) is -0.0823. The molecule has 0 unspecified atom stereocenters. The Kier molecular flexibility index (Phi) is 6.59. The summed E-state index contributed by atoms with van der Waals surface area (Å²) in [6, 6.07) is 9.60. The van der Waals surface area contributed by atoms with Crippen LogP contribution in [0.15, 0.2) is 30.3 Å². The first-order valence-corrected chi connectivity index (χ1v) is 8.31. The molecule has 1 aromatic rings. The van der Waals surface area contributed by atoms with Crippen molar-refractivity contribution in [3.05, 3.63) is 35.9 Å². The van der Waals surface area contributed by atoms with E-state index in [2.05, 4.69) is 5.32 Å². The van der Waals surface area contributed by atoms with Gasteiger partial charge >= 0.3 is 0 Å². The molecule has 0 spiro atoms. The number of piperidine rings is 1. The first kappa shape index (κ1) is 17.5. The highest BCUT2D eigenvalue weighted by Crippen LogP contribution is 2.35. The average molecular weight is 318 g/mol. The third-order valence-electron chi connectivity index (χ3n) is 4.31. The zero-order valence-corrected chi connectivity index (χ0v) is 14.0. The molecule has 1 aromatic carbocycles. The lowest BCUT2D eigenvalue weighted by Crippen LogP contribution is -2.46. The summed E-state index contributed by atoms with van der Waals surface area (Å²) in [5, 5.41) is 2.99. The Labute approximate surface area is 138 Å². The maximum absolute atomic E-state index is 12.6. The Balaban J connectivity index is 2.02. The van der Waals surface area contributed by atoms with Crippen LogP contribution in [0.4, 0.5) is 0 Å². The summed E-state index contributed by atoms with van der Waals surface area (Å²) in [4.78, 5) is 26.3. The van der Waals surface area contributed by atoms with Gasteiger partial charge in [-0.05, 0) is 25.3 Å². The zero-order valence-electron chi connectivity index (χ0n) is 14.0. The second kappa shape index (κ2) is 8.67. The van der Waals surface area contributed by atoms with Crippen molar-refractivity contribution in [2.45, 2.75) is 32.2 Å². The number of rotatable bonds is 7. The number of ether oxygens (including phenoxy) is 1. The molecular formula is C18H26N2O3. The van der Waals surface area contributed by atoms with Gasteiger partial charge in [0.1, 0.15) is 0 Å².